The Balaban J connectivity index is 2.84. The van der Waals surface area contributed by atoms with Crippen LogP contribution >= 0.6 is 11.8 Å². The van der Waals surface area contributed by atoms with Gasteiger partial charge in [0.25, 0.3) is 0 Å². The maximum absolute atomic E-state index is 5.67. The zero-order chi connectivity index (χ0) is 9.14. The fourth-order valence-corrected chi connectivity index (χ4v) is 1.36. The molecule has 0 aliphatic carbocycles. The summed E-state index contributed by atoms with van der Waals surface area (Å²) in [4.78, 5) is 9.87. The Morgan fingerprint density at radius 3 is 2.83 bits per heavy atom. The molecule has 1 heterocycles. The smallest absolute Gasteiger partial charge is 0.317 e. The summed E-state index contributed by atoms with van der Waals surface area (Å²) in [5.41, 5.74) is 5.67. The predicted molar refractivity (Wildman–Crippen MR) is 51.1 cm³/mol. The minimum absolute atomic E-state index is 0.338. The van der Waals surface area contributed by atoms with Crippen LogP contribution in [0.5, 0.6) is 0 Å². The predicted octanol–water partition coefficient (Wildman–Crippen LogP) is -0.104. The minimum atomic E-state index is -0.389. The highest BCUT2D eigenvalue weighted by atomic mass is 32.2. The lowest BCUT2D eigenvalue weighted by Gasteiger charge is -2.26. The number of ether oxygens (including phenoxy) is 1. The first-order valence-corrected chi connectivity index (χ1v) is 4.64. The van der Waals surface area contributed by atoms with Gasteiger partial charge in [0.15, 0.2) is 11.5 Å². The summed E-state index contributed by atoms with van der Waals surface area (Å²) < 4.78 is 4.88. The molecule has 68 valence electrons. The molecule has 1 rings (SSSR count). The van der Waals surface area contributed by atoms with Crippen LogP contribution in [0, 0.1) is 0 Å². The zero-order valence-electron chi connectivity index (χ0n) is 7.31. The van der Waals surface area contributed by atoms with Gasteiger partial charge < -0.3 is 9.64 Å². The lowest BCUT2D eigenvalue weighted by Crippen LogP contribution is -2.44. The van der Waals surface area contributed by atoms with E-state index in [4.69, 9.17) is 10.5 Å². The van der Waals surface area contributed by atoms with E-state index in [-0.39, 0.29) is 6.29 Å². The molecule has 2 N–H and O–H groups in total. The quantitative estimate of drug-likeness (QED) is 0.576. The van der Waals surface area contributed by atoms with Gasteiger partial charge in [-0.25, -0.2) is 0 Å². The molecule has 0 saturated carbocycles. The van der Waals surface area contributed by atoms with Gasteiger partial charge in [-0.05, 0) is 6.26 Å². The summed E-state index contributed by atoms with van der Waals surface area (Å²) in [7, 11) is 3.37. The second-order valence-electron chi connectivity index (χ2n) is 2.24. The van der Waals surface area contributed by atoms with Crippen molar-refractivity contribution >= 4 is 23.0 Å². The number of thioether (sulfide) groups is 1. The van der Waals surface area contributed by atoms with E-state index in [0.717, 1.165) is 5.17 Å². The summed E-state index contributed by atoms with van der Waals surface area (Å²) in [6.07, 6.45) is 1.54. The van der Waals surface area contributed by atoms with Gasteiger partial charge in [-0.15, -0.1) is 0 Å². The Bertz CT molecular complexity index is 228. The molecule has 0 saturated heterocycles. The van der Waals surface area contributed by atoms with Gasteiger partial charge in [0, 0.05) is 7.05 Å². The van der Waals surface area contributed by atoms with E-state index in [1.54, 1.807) is 4.90 Å². The molecule has 0 aromatic carbocycles. The number of amidine groups is 2. The Labute approximate surface area is 75.7 Å². The highest BCUT2D eigenvalue weighted by Gasteiger charge is 2.19. The molecular formula is C6H12N4OS. The van der Waals surface area contributed by atoms with E-state index < -0.39 is 0 Å². The van der Waals surface area contributed by atoms with Gasteiger partial charge >= 0.3 is 6.02 Å². The second-order valence-corrected chi connectivity index (χ2v) is 3.01. The van der Waals surface area contributed by atoms with Crippen LogP contribution in [0.1, 0.15) is 0 Å². The average Bonchev–Trinajstić information content (AvgIpc) is 2.09. The van der Waals surface area contributed by atoms with Crippen LogP contribution in [0.25, 0.3) is 0 Å². The molecule has 0 aromatic rings. The summed E-state index contributed by atoms with van der Waals surface area (Å²) in [5.74, 6) is 0. The third-order valence-electron chi connectivity index (χ3n) is 1.50. The summed E-state index contributed by atoms with van der Waals surface area (Å²) in [6, 6.07) is 0.338. The van der Waals surface area contributed by atoms with Crippen molar-refractivity contribution in [2.75, 3.05) is 20.4 Å². The van der Waals surface area contributed by atoms with Gasteiger partial charge in [0.05, 0.1) is 7.11 Å². The van der Waals surface area contributed by atoms with Gasteiger partial charge in [0.1, 0.15) is 0 Å². The van der Waals surface area contributed by atoms with E-state index >= 15 is 0 Å². The maximum Gasteiger partial charge on any atom is 0.317 e. The average molecular weight is 188 g/mol. The Kier molecular flexibility index (Phi) is 2.93. The fourth-order valence-electron chi connectivity index (χ4n) is 0.790. The summed E-state index contributed by atoms with van der Waals surface area (Å²) >= 11 is 1.51. The molecule has 5 nitrogen and oxygen atoms in total. The van der Waals surface area contributed by atoms with Crippen molar-refractivity contribution in [1.29, 1.82) is 0 Å². The zero-order valence-corrected chi connectivity index (χ0v) is 8.13. The highest BCUT2D eigenvalue weighted by Crippen LogP contribution is 2.11. The van der Waals surface area contributed by atoms with Crippen molar-refractivity contribution in [3.8, 4) is 0 Å². The van der Waals surface area contributed by atoms with Crippen LogP contribution in [0.15, 0.2) is 9.98 Å². The van der Waals surface area contributed by atoms with Gasteiger partial charge in [-0.3, -0.25) is 5.73 Å². The van der Waals surface area contributed by atoms with Crippen LogP contribution in [-0.2, 0) is 4.74 Å². The van der Waals surface area contributed by atoms with E-state index in [0.29, 0.717) is 6.02 Å². The molecule has 1 aliphatic rings. The van der Waals surface area contributed by atoms with Crippen LogP contribution in [0.4, 0.5) is 0 Å². The Hall–Kier alpha value is -0.750. The number of nitrogens with two attached hydrogens (primary N) is 1. The first-order valence-electron chi connectivity index (χ1n) is 3.42. The van der Waals surface area contributed by atoms with Crippen LogP contribution in [-0.4, -0.2) is 42.8 Å². The number of aliphatic imine (C=N–C) groups is 2. The highest BCUT2D eigenvalue weighted by molar-refractivity contribution is 8.13. The van der Waals surface area contributed by atoms with Crippen molar-refractivity contribution in [1.82, 2.24) is 4.90 Å². The number of hydrogen-bond acceptors (Lipinski definition) is 6. The molecule has 1 aliphatic heterocycles. The van der Waals surface area contributed by atoms with Crippen LogP contribution < -0.4 is 5.73 Å². The fraction of sp³-hybridized carbons (Fsp3) is 0.667. The second kappa shape index (κ2) is 3.77. The Morgan fingerprint density at radius 2 is 2.33 bits per heavy atom. The standard InChI is InChI=1S/C6H12N4OS/c1-10-4(7)8-5(11-2)9-6(10)12-3/h4H,7H2,1-3H3. The molecule has 0 amide bonds. The minimum Gasteiger partial charge on any atom is -0.467 e. The third kappa shape index (κ3) is 1.70. The molecule has 0 radical (unpaired) electrons. The van der Waals surface area contributed by atoms with Crippen molar-refractivity contribution in [3.63, 3.8) is 0 Å². The third-order valence-corrected chi connectivity index (χ3v) is 2.24. The monoisotopic (exact) mass is 188 g/mol. The normalized spacial score (nSPS) is 23.3. The largest absolute Gasteiger partial charge is 0.467 e. The van der Waals surface area contributed by atoms with E-state index in [1.165, 1.54) is 18.9 Å². The van der Waals surface area contributed by atoms with Crippen LogP contribution in [0.3, 0.4) is 0 Å². The van der Waals surface area contributed by atoms with Gasteiger partial charge in [0.2, 0.25) is 0 Å². The van der Waals surface area contributed by atoms with Crippen molar-refractivity contribution < 1.29 is 4.74 Å². The number of rotatable bonds is 0. The molecule has 12 heavy (non-hydrogen) atoms. The molecule has 0 fully saturated rings. The van der Waals surface area contributed by atoms with E-state index in [9.17, 15) is 0 Å². The topological polar surface area (TPSA) is 63.2 Å². The molecule has 1 unspecified atom stereocenters. The first kappa shape index (κ1) is 9.34. The summed E-state index contributed by atoms with van der Waals surface area (Å²) in [6.45, 7) is 0. The van der Waals surface area contributed by atoms with E-state index in [2.05, 4.69) is 9.98 Å². The molecule has 1 atom stereocenters. The van der Waals surface area contributed by atoms with E-state index in [1.807, 2.05) is 13.3 Å². The molecule has 0 spiro atoms. The number of hydrogen-bond donors (Lipinski definition) is 1. The lowest BCUT2D eigenvalue weighted by molar-refractivity contribution is 0.342. The molecule has 0 bridgehead atoms. The van der Waals surface area contributed by atoms with Gasteiger partial charge in [-0.2, -0.15) is 9.98 Å². The molecular weight excluding hydrogens is 176 g/mol. The number of methoxy groups -OCH3 is 1. The van der Waals surface area contributed by atoms with Gasteiger partial charge in [-0.1, -0.05) is 11.8 Å². The number of nitrogens with zero attached hydrogens (tertiary/aromatic N) is 3. The summed E-state index contributed by atoms with van der Waals surface area (Å²) in [5, 5.41) is 0.814. The first-order chi connectivity index (χ1) is 5.69. The SMILES string of the molecule is COC1=NC(N)N(C)C(SC)=N1. The van der Waals surface area contributed by atoms with Crippen molar-refractivity contribution in [3.05, 3.63) is 0 Å². The van der Waals surface area contributed by atoms with Crippen molar-refractivity contribution in [2.45, 2.75) is 6.29 Å². The van der Waals surface area contributed by atoms with Crippen LogP contribution in [0.2, 0.25) is 0 Å². The Morgan fingerprint density at radius 1 is 1.67 bits per heavy atom. The molecule has 6 heteroatoms. The maximum atomic E-state index is 5.67. The molecule has 0 aromatic heterocycles. The lowest BCUT2D eigenvalue weighted by atomic mass is 10.7. The van der Waals surface area contributed by atoms with Crippen molar-refractivity contribution in [2.24, 2.45) is 15.7 Å².